The zero-order valence-electron chi connectivity index (χ0n) is 14.7. The Morgan fingerprint density at radius 2 is 2.00 bits per heavy atom. The highest BCUT2D eigenvalue weighted by molar-refractivity contribution is 6.30. The summed E-state index contributed by atoms with van der Waals surface area (Å²) in [5.41, 5.74) is 8.16. The molecule has 3 aromatic rings. The molecule has 6 heteroatoms. The molecule has 0 saturated heterocycles. The first-order valence-corrected chi connectivity index (χ1v) is 9.27. The summed E-state index contributed by atoms with van der Waals surface area (Å²) < 4.78 is 21.3. The van der Waals surface area contributed by atoms with E-state index in [9.17, 15) is 0 Å². The normalized spacial score (nSPS) is 14.0. The van der Waals surface area contributed by atoms with Gasteiger partial charge in [0.15, 0.2) is 11.6 Å². The first-order chi connectivity index (χ1) is 13.1. The van der Waals surface area contributed by atoms with Crippen LogP contribution in [0.15, 0.2) is 48.8 Å². The van der Waals surface area contributed by atoms with Gasteiger partial charge in [-0.15, -0.1) is 0 Å². The SMILES string of the molecule is Nc1cnc(-c2ccc(C3CCC3)c(OCc3cccc(Cl)c3)c2F)cn1. The van der Waals surface area contributed by atoms with Crippen LogP contribution in [0.4, 0.5) is 10.2 Å². The molecule has 0 radical (unpaired) electrons. The van der Waals surface area contributed by atoms with Crippen LogP contribution in [0.5, 0.6) is 5.75 Å². The molecule has 138 valence electrons. The molecule has 4 nitrogen and oxygen atoms in total. The highest BCUT2D eigenvalue weighted by Crippen LogP contribution is 2.44. The number of aromatic nitrogens is 2. The maximum Gasteiger partial charge on any atom is 0.174 e. The number of nitrogens with two attached hydrogens (primary N) is 1. The number of nitrogen functional groups attached to an aromatic ring is 1. The van der Waals surface area contributed by atoms with Gasteiger partial charge in [0, 0.05) is 16.1 Å². The molecule has 0 amide bonds. The van der Waals surface area contributed by atoms with Crippen molar-refractivity contribution >= 4 is 17.4 Å². The molecule has 2 aromatic carbocycles. The van der Waals surface area contributed by atoms with E-state index >= 15 is 4.39 Å². The number of ether oxygens (including phenoxy) is 1. The summed E-state index contributed by atoms with van der Waals surface area (Å²) in [4.78, 5) is 8.20. The van der Waals surface area contributed by atoms with Crippen molar-refractivity contribution in [3.05, 3.63) is 70.8 Å². The minimum absolute atomic E-state index is 0.244. The van der Waals surface area contributed by atoms with Crippen LogP contribution in [-0.4, -0.2) is 9.97 Å². The van der Waals surface area contributed by atoms with E-state index in [0.29, 0.717) is 28.0 Å². The molecule has 0 atom stereocenters. The number of anilines is 1. The van der Waals surface area contributed by atoms with E-state index in [0.717, 1.165) is 30.4 Å². The Balaban J connectivity index is 1.69. The summed E-state index contributed by atoms with van der Waals surface area (Å²) in [5, 5.41) is 0.627. The van der Waals surface area contributed by atoms with Crippen LogP contribution < -0.4 is 10.5 Å². The maximum atomic E-state index is 15.4. The van der Waals surface area contributed by atoms with Gasteiger partial charge >= 0.3 is 0 Å². The van der Waals surface area contributed by atoms with Crippen LogP contribution in [-0.2, 0) is 6.61 Å². The highest BCUT2D eigenvalue weighted by Gasteiger charge is 2.27. The Morgan fingerprint density at radius 3 is 2.67 bits per heavy atom. The molecule has 0 bridgehead atoms. The quantitative estimate of drug-likeness (QED) is 0.643. The van der Waals surface area contributed by atoms with Gasteiger partial charge in [-0.3, -0.25) is 4.98 Å². The van der Waals surface area contributed by atoms with Crippen LogP contribution in [0.1, 0.15) is 36.3 Å². The van der Waals surface area contributed by atoms with E-state index in [1.54, 1.807) is 12.1 Å². The molecule has 2 N–H and O–H groups in total. The lowest BCUT2D eigenvalue weighted by molar-refractivity contribution is 0.279. The predicted octanol–water partition coefficient (Wildman–Crippen LogP) is 5.36. The molecule has 1 heterocycles. The van der Waals surface area contributed by atoms with Gasteiger partial charge in [-0.25, -0.2) is 9.37 Å². The van der Waals surface area contributed by atoms with Crippen molar-refractivity contribution in [3.8, 4) is 17.0 Å². The number of benzene rings is 2. The largest absolute Gasteiger partial charge is 0.486 e. The van der Waals surface area contributed by atoms with E-state index in [1.165, 1.54) is 12.4 Å². The number of rotatable bonds is 5. The first-order valence-electron chi connectivity index (χ1n) is 8.89. The summed E-state index contributed by atoms with van der Waals surface area (Å²) in [5.74, 6) is 0.499. The molecule has 0 aliphatic heterocycles. The van der Waals surface area contributed by atoms with Crippen molar-refractivity contribution in [3.63, 3.8) is 0 Å². The Labute approximate surface area is 162 Å². The average Bonchev–Trinajstić information content (AvgIpc) is 2.61. The lowest BCUT2D eigenvalue weighted by Crippen LogP contribution is -2.12. The second kappa shape index (κ2) is 7.53. The molecule has 1 aromatic heterocycles. The minimum atomic E-state index is -0.416. The van der Waals surface area contributed by atoms with E-state index in [4.69, 9.17) is 22.1 Å². The number of hydrogen-bond donors (Lipinski definition) is 1. The van der Waals surface area contributed by atoms with Crippen LogP contribution in [0.3, 0.4) is 0 Å². The minimum Gasteiger partial charge on any atom is -0.486 e. The van der Waals surface area contributed by atoms with Gasteiger partial charge in [-0.2, -0.15) is 0 Å². The fourth-order valence-electron chi connectivity index (χ4n) is 3.22. The van der Waals surface area contributed by atoms with E-state index in [2.05, 4.69) is 9.97 Å². The van der Waals surface area contributed by atoms with Gasteiger partial charge in [0.25, 0.3) is 0 Å². The third kappa shape index (κ3) is 3.74. The lowest BCUT2D eigenvalue weighted by Gasteiger charge is -2.28. The lowest BCUT2D eigenvalue weighted by atomic mass is 9.79. The second-order valence-electron chi connectivity index (χ2n) is 6.72. The monoisotopic (exact) mass is 383 g/mol. The fourth-order valence-corrected chi connectivity index (χ4v) is 3.43. The molecule has 1 saturated carbocycles. The van der Waals surface area contributed by atoms with Gasteiger partial charge in [0.1, 0.15) is 12.4 Å². The molecule has 0 unspecified atom stereocenters. The van der Waals surface area contributed by atoms with Crippen molar-refractivity contribution in [1.29, 1.82) is 0 Å². The Morgan fingerprint density at radius 1 is 1.15 bits per heavy atom. The standard InChI is InChI=1S/C21H19ClFN3O/c22-15-6-1-3-13(9-15)12-27-21-16(14-4-2-5-14)7-8-17(20(21)23)18-10-26-19(24)11-25-18/h1,3,6-11,14H,2,4-5,12H2,(H2,24,26). The molecular formula is C21H19ClFN3O. The van der Waals surface area contributed by atoms with E-state index in [1.807, 2.05) is 24.3 Å². The maximum absolute atomic E-state index is 15.4. The fraction of sp³-hybridized carbons (Fsp3) is 0.238. The van der Waals surface area contributed by atoms with Crippen molar-refractivity contribution in [2.75, 3.05) is 5.73 Å². The smallest absolute Gasteiger partial charge is 0.174 e. The molecular weight excluding hydrogens is 365 g/mol. The summed E-state index contributed by atoms with van der Waals surface area (Å²) in [7, 11) is 0. The van der Waals surface area contributed by atoms with Crippen molar-refractivity contribution in [2.45, 2.75) is 31.8 Å². The summed E-state index contributed by atoms with van der Waals surface area (Å²) in [6.45, 7) is 0.244. The summed E-state index contributed by atoms with van der Waals surface area (Å²) in [6.07, 6.45) is 6.14. The first kappa shape index (κ1) is 17.7. The van der Waals surface area contributed by atoms with Gasteiger partial charge in [-0.05, 0) is 42.5 Å². The molecule has 0 spiro atoms. The summed E-state index contributed by atoms with van der Waals surface area (Å²) in [6, 6.07) is 11.1. The Hall–Kier alpha value is -2.66. The van der Waals surface area contributed by atoms with Crippen LogP contribution in [0, 0.1) is 5.82 Å². The molecule has 1 aliphatic carbocycles. The summed E-state index contributed by atoms with van der Waals surface area (Å²) >= 11 is 6.03. The van der Waals surface area contributed by atoms with Crippen LogP contribution in [0.2, 0.25) is 5.02 Å². The molecule has 1 fully saturated rings. The van der Waals surface area contributed by atoms with Crippen molar-refractivity contribution < 1.29 is 9.13 Å². The third-order valence-corrected chi connectivity index (χ3v) is 5.13. The number of nitrogens with zero attached hydrogens (tertiary/aromatic N) is 2. The molecule has 27 heavy (non-hydrogen) atoms. The Kier molecular flexibility index (Phi) is 4.94. The second-order valence-corrected chi connectivity index (χ2v) is 7.15. The van der Waals surface area contributed by atoms with Crippen LogP contribution in [0.25, 0.3) is 11.3 Å². The zero-order chi connectivity index (χ0) is 18.8. The van der Waals surface area contributed by atoms with Gasteiger partial charge in [-0.1, -0.05) is 36.2 Å². The zero-order valence-corrected chi connectivity index (χ0v) is 15.4. The Bertz CT molecular complexity index is 958. The molecule has 4 rings (SSSR count). The number of halogens is 2. The third-order valence-electron chi connectivity index (χ3n) is 4.89. The van der Waals surface area contributed by atoms with Crippen molar-refractivity contribution in [1.82, 2.24) is 9.97 Å². The predicted molar refractivity (Wildman–Crippen MR) is 104 cm³/mol. The van der Waals surface area contributed by atoms with Crippen LogP contribution >= 0.6 is 11.6 Å². The van der Waals surface area contributed by atoms with Gasteiger partial charge in [0.05, 0.1) is 18.1 Å². The average molecular weight is 384 g/mol. The number of hydrogen-bond acceptors (Lipinski definition) is 4. The van der Waals surface area contributed by atoms with Crippen molar-refractivity contribution in [2.24, 2.45) is 0 Å². The van der Waals surface area contributed by atoms with Gasteiger partial charge in [0.2, 0.25) is 0 Å². The van der Waals surface area contributed by atoms with E-state index in [-0.39, 0.29) is 12.4 Å². The van der Waals surface area contributed by atoms with E-state index < -0.39 is 5.82 Å². The topological polar surface area (TPSA) is 61.0 Å². The highest BCUT2D eigenvalue weighted by atomic mass is 35.5. The van der Waals surface area contributed by atoms with Gasteiger partial charge < -0.3 is 10.5 Å². The molecule has 1 aliphatic rings.